The highest BCUT2D eigenvalue weighted by Gasteiger charge is 2.00. The molecule has 0 saturated heterocycles. The van der Waals surface area contributed by atoms with Gasteiger partial charge in [-0.2, -0.15) is 0 Å². The van der Waals surface area contributed by atoms with E-state index in [9.17, 15) is 0 Å². The van der Waals surface area contributed by atoms with Crippen molar-refractivity contribution in [2.75, 3.05) is 0 Å². The smallest absolute Gasteiger partial charge is 0.0702 e. The number of rotatable bonds is 6. The molecule has 0 spiro atoms. The summed E-state index contributed by atoms with van der Waals surface area (Å²) in [6, 6.07) is 13.1. The highest BCUT2D eigenvalue weighted by molar-refractivity contribution is 5.59. The van der Waals surface area contributed by atoms with E-state index in [1.807, 2.05) is 6.20 Å². The first kappa shape index (κ1) is 13.8. The quantitative estimate of drug-likeness (QED) is 0.657. The van der Waals surface area contributed by atoms with Gasteiger partial charge in [0.1, 0.15) is 0 Å². The molecule has 0 aliphatic heterocycles. The summed E-state index contributed by atoms with van der Waals surface area (Å²) in [6.07, 6.45) is 8.11. The van der Waals surface area contributed by atoms with Crippen molar-refractivity contribution in [2.24, 2.45) is 0 Å². The van der Waals surface area contributed by atoms with Crippen LogP contribution in [0.25, 0.3) is 11.3 Å². The van der Waals surface area contributed by atoms with Gasteiger partial charge in [-0.3, -0.25) is 4.98 Å². The fourth-order valence-electron chi connectivity index (χ4n) is 2.23. The van der Waals surface area contributed by atoms with E-state index in [-0.39, 0.29) is 0 Å². The minimum Gasteiger partial charge on any atom is -0.256 e. The van der Waals surface area contributed by atoms with Crippen LogP contribution in [-0.4, -0.2) is 4.98 Å². The van der Waals surface area contributed by atoms with E-state index in [2.05, 4.69) is 55.2 Å². The Kier molecular flexibility index (Phi) is 5.14. The van der Waals surface area contributed by atoms with Crippen LogP contribution in [0, 0.1) is 0 Å². The number of benzene rings is 1. The average molecular weight is 253 g/mol. The van der Waals surface area contributed by atoms with Crippen molar-refractivity contribution >= 4 is 0 Å². The summed E-state index contributed by atoms with van der Waals surface area (Å²) in [5, 5.41) is 0. The average Bonchev–Trinajstić information content (AvgIpc) is 2.48. The third-order valence-electron chi connectivity index (χ3n) is 3.55. The Balaban J connectivity index is 2.04. The van der Waals surface area contributed by atoms with Crippen molar-refractivity contribution in [3.05, 3.63) is 53.7 Å². The molecule has 19 heavy (non-hydrogen) atoms. The van der Waals surface area contributed by atoms with E-state index in [0.717, 1.165) is 12.1 Å². The Hall–Kier alpha value is -1.63. The lowest BCUT2D eigenvalue weighted by molar-refractivity contribution is 0.717. The maximum absolute atomic E-state index is 4.52. The van der Waals surface area contributed by atoms with Crippen LogP contribution in [-0.2, 0) is 12.8 Å². The summed E-state index contributed by atoms with van der Waals surface area (Å²) < 4.78 is 0. The Morgan fingerprint density at radius 1 is 0.842 bits per heavy atom. The van der Waals surface area contributed by atoms with Gasteiger partial charge in [0.05, 0.1) is 5.69 Å². The van der Waals surface area contributed by atoms with Crippen LogP contribution in [0.1, 0.15) is 44.2 Å². The molecule has 1 aromatic carbocycles. The van der Waals surface area contributed by atoms with Gasteiger partial charge in [0.2, 0.25) is 0 Å². The fraction of sp³-hybridized carbons (Fsp3) is 0.389. The topological polar surface area (TPSA) is 12.9 Å². The minimum atomic E-state index is 1.05. The van der Waals surface area contributed by atoms with E-state index < -0.39 is 0 Å². The lowest BCUT2D eigenvalue weighted by Crippen LogP contribution is -1.88. The highest BCUT2D eigenvalue weighted by atomic mass is 14.7. The Bertz CT molecular complexity index is 482. The minimum absolute atomic E-state index is 1.05. The van der Waals surface area contributed by atoms with Crippen molar-refractivity contribution in [3.8, 4) is 11.3 Å². The van der Waals surface area contributed by atoms with E-state index in [1.165, 1.54) is 42.4 Å². The largest absolute Gasteiger partial charge is 0.256 e. The second-order valence-corrected chi connectivity index (χ2v) is 5.06. The Morgan fingerprint density at radius 3 is 2.16 bits per heavy atom. The summed E-state index contributed by atoms with van der Waals surface area (Å²) in [6.45, 7) is 4.40. The first-order valence-electron chi connectivity index (χ1n) is 7.37. The third kappa shape index (κ3) is 3.92. The van der Waals surface area contributed by atoms with Crippen molar-refractivity contribution in [3.63, 3.8) is 0 Å². The van der Waals surface area contributed by atoms with Crippen molar-refractivity contribution in [1.29, 1.82) is 0 Å². The molecule has 0 amide bonds. The van der Waals surface area contributed by atoms with Crippen LogP contribution in [0.5, 0.6) is 0 Å². The molecule has 0 saturated carbocycles. The molecule has 2 rings (SSSR count). The first-order chi connectivity index (χ1) is 9.33. The second kappa shape index (κ2) is 7.08. The van der Waals surface area contributed by atoms with Crippen molar-refractivity contribution in [1.82, 2.24) is 4.98 Å². The number of aryl methyl sites for hydroxylation is 2. The van der Waals surface area contributed by atoms with Gasteiger partial charge in [-0.05, 0) is 36.5 Å². The van der Waals surface area contributed by atoms with Gasteiger partial charge in [-0.15, -0.1) is 0 Å². The monoisotopic (exact) mass is 253 g/mol. The lowest BCUT2D eigenvalue weighted by Gasteiger charge is -2.05. The van der Waals surface area contributed by atoms with Crippen LogP contribution in [0.2, 0.25) is 0 Å². The molecule has 0 atom stereocenters. The van der Waals surface area contributed by atoms with E-state index in [4.69, 9.17) is 0 Å². The molecular weight excluding hydrogens is 230 g/mol. The molecule has 0 unspecified atom stereocenters. The summed E-state index contributed by atoms with van der Waals surface area (Å²) in [5.74, 6) is 0. The van der Waals surface area contributed by atoms with Crippen LogP contribution < -0.4 is 0 Å². The number of unbranched alkanes of at least 4 members (excludes halogenated alkanes) is 2. The molecule has 0 radical (unpaired) electrons. The standard InChI is InChI=1S/C18H23N/c1-3-5-6-7-16-8-11-17(12-9-16)18-13-10-15(4-2)14-19-18/h8-14H,3-7H2,1-2H3. The molecular formula is C18H23N. The SMILES string of the molecule is CCCCCc1ccc(-c2ccc(CC)cn2)cc1. The molecule has 1 nitrogen and oxygen atoms in total. The first-order valence-corrected chi connectivity index (χ1v) is 7.37. The van der Waals surface area contributed by atoms with Gasteiger partial charge < -0.3 is 0 Å². The van der Waals surface area contributed by atoms with Crippen LogP contribution >= 0.6 is 0 Å². The normalized spacial score (nSPS) is 10.6. The van der Waals surface area contributed by atoms with Crippen LogP contribution in [0.4, 0.5) is 0 Å². The predicted molar refractivity (Wildman–Crippen MR) is 82.3 cm³/mol. The van der Waals surface area contributed by atoms with E-state index in [1.54, 1.807) is 0 Å². The molecule has 0 fully saturated rings. The zero-order valence-electron chi connectivity index (χ0n) is 12.0. The summed E-state index contributed by atoms with van der Waals surface area (Å²) in [4.78, 5) is 4.52. The number of hydrogen-bond donors (Lipinski definition) is 0. The summed E-state index contributed by atoms with van der Waals surface area (Å²) in [7, 11) is 0. The number of aromatic nitrogens is 1. The molecule has 1 heteroatoms. The highest BCUT2D eigenvalue weighted by Crippen LogP contribution is 2.18. The molecule has 1 aromatic heterocycles. The molecule has 0 bridgehead atoms. The molecule has 1 heterocycles. The molecule has 100 valence electrons. The van der Waals surface area contributed by atoms with Gasteiger partial charge in [0, 0.05) is 11.8 Å². The predicted octanol–water partition coefficient (Wildman–Crippen LogP) is 5.04. The maximum Gasteiger partial charge on any atom is 0.0702 e. The molecule has 0 N–H and O–H groups in total. The van der Waals surface area contributed by atoms with E-state index >= 15 is 0 Å². The van der Waals surface area contributed by atoms with Gasteiger partial charge >= 0.3 is 0 Å². The summed E-state index contributed by atoms with van der Waals surface area (Å²) >= 11 is 0. The molecule has 0 aliphatic rings. The second-order valence-electron chi connectivity index (χ2n) is 5.06. The fourth-order valence-corrected chi connectivity index (χ4v) is 2.23. The van der Waals surface area contributed by atoms with Crippen LogP contribution in [0.3, 0.4) is 0 Å². The van der Waals surface area contributed by atoms with Crippen LogP contribution in [0.15, 0.2) is 42.6 Å². The Labute approximate surface area is 116 Å². The third-order valence-corrected chi connectivity index (χ3v) is 3.55. The zero-order valence-corrected chi connectivity index (χ0v) is 12.0. The van der Waals surface area contributed by atoms with Gasteiger partial charge in [0.15, 0.2) is 0 Å². The molecule has 0 aliphatic carbocycles. The van der Waals surface area contributed by atoms with E-state index in [0.29, 0.717) is 0 Å². The Morgan fingerprint density at radius 2 is 1.58 bits per heavy atom. The lowest BCUT2D eigenvalue weighted by atomic mass is 10.0. The molecule has 2 aromatic rings. The van der Waals surface area contributed by atoms with Gasteiger partial charge in [0.25, 0.3) is 0 Å². The summed E-state index contributed by atoms with van der Waals surface area (Å²) in [5.41, 5.74) is 5.00. The number of pyridine rings is 1. The van der Waals surface area contributed by atoms with Crippen molar-refractivity contribution < 1.29 is 0 Å². The number of hydrogen-bond acceptors (Lipinski definition) is 1. The number of nitrogens with zero attached hydrogens (tertiary/aromatic N) is 1. The zero-order chi connectivity index (χ0) is 13.5. The maximum atomic E-state index is 4.52. The van der Waals surface area contributed by atoms with Gasteiger partial charge in [-0.1, -0.05) is 57.0 Å². The van der Waals surface area contributed by atoms with Gasteiger partial charge in [-0.25, -0.2) is 0 Å². The van der Waals surface area contributed by atoms with Crippen molar-refractivity contribution in [2.45, 2.75) is 46.0 Å².